The van der Waals surface area contributed by atoms with Crippen LogP contribution in [0.1, 0.15) is 31.2 Å². The molecule has 2 heterocycles. The Morgan fingerprint density at radius 3 is 2.84 bits per heavy atom. The number of ether oxygens (including phenoxy) is 1. The summed E-state index contributed by atoms with van der Waals surface area (Å²) < 4.78 is 5.29. The standard InChI is InChI=1S/C16H20N2O/c1-4-5-15-14(11-18(2)16(15)6-7-16)12-8-13(19-3)10-17-9-12/h8-10,14-15H,6-7,11H2,1-3H3/t14-,15?/m0/s1. The summed E-state index contributed by atoms with van der Waals surface area (Å²) in [4.78, 5) is 6.79. The van der Waals surface area contributed by atoms with Gasteiger partial charge in [-0.15, -0.1) is 5.92 Å². The largest absolute Gasteiger partial charge is 0.495 e. The molecule has 1 aliphatic heterocycles. The zero-order valence-electron chi connectivity index (χ0n) is 11.8. The van der Waals surface area contributed by atoms with E-state index in [1.807, 2.05) is 13.1 Å². The first-order valence-corrected chi connectivity index (χ1v) is 6.84. The van der Waals surface area contributed by atoms with E-state index in [1.165, 1.54) is 18.4 Å². The molecule has 1 aromatic heterocycles. The van der Waals surface area contributed by atoms with Crippen molar-refractivity contribution in [3.8, 4) is 17.6 Å². The molecule has 1 aromatic rings. The number of hydrogen-bond acceptors (Lipinski definition) is 3. The van der Waals surface area contributed by atoms with Crippen LogP contribution in [0.5, 0.6) is 5.75 Å². The van der Waals surface area contributed by atoms with Gasteiger partial charge in [-0.1, -0.05) is 5.92 Å². The van der Waals surface area contributed by atoms with Gasteiger partial charge in [-0.2, -0.15) is 0 Å². The quantitative estimate of drug-likeness (QED) is 0.759. The Bertz CT molecular complexity index is 539. The molecule has 1 aliphatic carbocycles. The molecule has 3 rings (SSSR count). The fraction of sp³-hybridized carbons (Fsp3) is 0.562. The summed E-state index contributed by atoms with van der Waals surface area (Å²) in [6.45, 7) is 3.00. The normalized spacial score (nSPS) is 27.9. The first-order chi connectivity index (χ1) is 9.21. The van der Waals surface area contributed by atoms with Crippen molar-refractivity contribution >= 4 is 0 Å². The van der Waals surface area contributed by atoms with E-state index in [2.05, 4.69) is 34.8 Å². The van der Waals surface area contributed by atoms with Crippen molar-refractivity contribution < 1.29 is 4.74 Å². The molecule has 2 aliphatic rings. The van der Waals surface area contributed by atoms with Gasteiger partial charge < -0.3 is 4.74 Å². The highest BCUT2D eigenvalue weighted by Gasteiger charge is 2.59. The SMILES string of the molecule is CC#CC1[C@H](c2cncc(OC)c2)CN(C)C12CC2. The van der Waals surface area contributed by atoms with Crippen molar-refractivity contribution in [1.29, 1.82) is 0 Å². The van der Waals surface area contributed by atoms with E-state index in [0.29, 0.717) is 17.4 Å². The number of likely N-dealkylation sites (N-methyl/N-ethyl adjacent to an activating group) is 1. The Morgan fingerprint density at radius 1 is 1.42 bits per heavy atom. The second kappa shape index (κ2) is 4.54. The van der Waals surface area contributed by atoms with E-state index in [4.69, 9.17) is 4.74 Å². The average Bonchev–Trinajstić information content (AvgIpc) is 3.19. The van der Waals surface area contributed by atoms with Gasteiger partial charge in [0.1, 0.15) is 5.75 Å². The van der Waals surface area contributed by atoms with Gasteiger partial charge in [0.15, 0.2) is 0 Å². The summed E-state index contributed by atoms with van der Waals surface area (Å²) in [5.41, 5.74) is 1.58. The van der Waals surface area contributed by atoms with E-state index in [9.17, 15) is 0 Å². The lowest BCUT2D eigenvalue weighted by Crippen LogP contribution is -2.30. The lowest BCUT2D eigenvalue weighted by molar-refractivity contribution is 0.271. The smallest absolute Gasteiger partial charge is 0.137 e. The Morgan fingerprint density at radius 2 is 2.21 bits per heavy atom. The van der Waals surface area contributed by atoms with Crippen LogP contribution in [0, 0.1) is 17.8 Å². The molecule has 100 valence electrons. The van der Waals surface area contributed by atoms with E-state index >= 15 is 0 Å². The van der Waals surface area contributed by atoms with Gasteiger partial charge in [0, 0.05) is 30.1 Å². The molecule has 3 nitrogen and oxygen atoms in total. The van der Waals surface area contributed by atoms with Crippen molar-refractivity contribution in [2.45, 2.75) is 31.2 Å². The number of nitrogens with zero attached hydrogens (tertiary/aromatic N) is 2. The first kappa shape index (κ1) is 12.5. The van der Waals surface area contributed by atoms with Gasteiger partial charge in [-0.25, -0.2) is 0 Å². The first-order valence-electron chi connectivity index (χ1n) is 6.84. The third kappa shape index (κ3) is 1.91. The van der Waals surface area contributed by atoms with Gasteiger partial charge >= 0.3 is 0 Å². The summed E-state index contributed by atoms with van der Waals surface area (Å²) in [5.74, 6) is 8.29. The minimum Gasteiger partial charge on any atom is -0.495 e. The van der Waals surface area contributed by atoms with Crippen molar-refractivity contribution in [2.75, 3.05) is 20.7 Å². The van der Waals surface area contributed by atoms with Crippen molar-refractivity contribution in [3.05, 3.63) is 24.0 Å². The molecule has 2 atom stereocenters. The molecule has 0 amide bonds. The number of aromatic nitrogens is 1. The molecule has 1 spiro atoms. The zero-order valence-corrected chi connectivity index (χ0v) is 11.8. The summed E-state index contributed by atoms with van der Waals surface area (Å²) in [5, 5.41) is 0. The van der Waals surface area contributed by atoms with Crippen LogP contribution in [-0.4, -0.2) is 36.1 Å². The molecule has 0 bridgehead atoms. The van der Waals surface area contributed by atoms with Gasteiger partial charge in [0.25, 0.3) is 0 Å². The van der Waals surface area contributed by atoms with Crippen LogP contribution in [0.4, 0.5) is 0 Å². The minimum atomic E-state index is 0.330. The molecule has 0 aromatic carbocycles. The number of pyridine rings is 1. The molecule has 2 fully saturated rings. The molecule has 3 heteroatoms. The molecule has 19 heavy (non-hydrogen) atoms. The third-order valence-electron chi connectivity index (χ3n) is 4.67. The predicted molar refractivity (Wildman–Crippen MR) is 75.1 cm³/mol. The van der Waals surface area contributed by atoms with Crippen LogP contribution in [0.2, 0.25) is 0 Å². The highest BCUT2D eigenvalue weighted by atomic mass is 16.5. The molecule has 1 unspecified atom stereocenters. The maximum absolute atomic E-state index is 5.29. The van der Waals surface area contributed by atoms with Crippen molar-refractivity contribution in [1.82, 2.24) is 9.88 Å². The van der Waals surface area contributed by atoms with Crippen LogP contribution in [0.25, 0.3) is 0 Å². The van der Waals surface area contributed by atoms with E-state index in [0.717, 1.165) is 12.3 Å². The number of methoxy groups -OCH3 is 1. The number of likely N-dealkylation sites (tertiary alicyclic amines) is 1. The Hall–Kier alpha value is -1.53. The Labute approximate surface area is 115 Å². The Balaban J connectivity index is 1.96. The van der Waals surface area contributed by atoms with Crippen LogP contribution in [0.3, 0.4) is 0 Å². The maximum atomic E-state index is 5.29. The topological polar surface area (TPSA) is 25.4 Å². The van der Waals surface area contributed by atoms with E-state index in [-0.39, 0.29) is 0 Å². The average molecular weight is 256 g/mol. The van der Waals surface area contributed by atoms with Gasteiger partial charge in [0.05, 0.1) is 13.3 Å². The zero-order chi connectivity index (χ0) is 13.5. The number of rotatable bonds is 2. The second-order valence-electron chi connectivity index (χ2n) is 5.62. The van der Waals surface area contributed by atoms with Gasteiger partial charge in [-0.05, 0) is 38.4 Å². The highest BCUT2D eigenvalue weighted by molar-refractivity contribution is 5.35. The molecular weight excluding hydrogens is 236 g/mol. The fourth-order valence-corrected chi connectivity index (χ4v) is 3.45. The van der Waals surface area contributed by atoms with Crippen LogP contribution in [-0.2, 0) is 0 Å². The van der Waals surface area contributed by atoms with Crippen molar-refractivity contribution in [3.63, 3.8) is 0 Å². The molecule has 1 saturated heterocycles. The molecule has 0 N–H and O–H groups in total. The van der Waals surface area contributed by atoms with Crippen LogP contribution in [0.15, 0.2) is 18.5 Å². The summed E-state index contributed by atoms with van der Waals surface area (Å²) in [6, 6.07) is 2.11. The van der Waals surface area contributed by atoms with Crippen LogP contribution >= 0.6 is 0 Å². The lowest BCUT2D eigenvalue weighted by atomic mass is 9.85. The summed E-state index contributed by atoms with van der Waals surface area (Å²) in [7, 11) is 3.91. The monoisotopic (exact) mass is 256 g/mol. The van der Waals surface area contributed by atoms with Gasteiger partial charge in [0.2, 0.25) is 0 Å². The fourth-order valence-electron chi connectivity index (χ4n) is 3.45. The molecular formula is C16H20N2O. The summed E-state index contributed by atoms with van der Waals surface area (Å²) >= 11 is 0. The van der Waals surface area contributed by atoms with Crippen LogP contribution < -0.4 is 4.74 Å². The second-order valence-corrected chi connectivity index (χ2v) is 5.62. The Kier molecular flexibility index (Phi) is 2.99. The molecule has 0 radical (unpaired) electrons. The predicted octanol–water partition coefficient (Wildman–Crippen LogP) is 2.29. The van der Waals surface area contributed by atoms with Gasteiger partial charge in [-0.3, -0.25) is 9.88 Å². The third-order valence-corrected chi connectivity index (χ3v) is 4.67. The van der Waals surface area contributed by atoms with E-state index < -0.39 is 0 Å². The summed E-state index contributed by atoms with van der Waals surface area (Å²) in [6.07, 6.45) is 6.27. The van der Waals surface area contributed by atoms with Crippen molar-refractivity contribution in [2.24, 2.45) is 5.92 Å². The molecule has 1 saturated carbocycles. The number of hydrogen-bond donors (Lipinski definition) is 0. The lowest BCUT2D eigenvalue weighted by Gasteiger charge is -2.21. The maximum Gasteiger partial charge on any atom is 0.137 e. The van der Waals surface area contributed by atoms with E-state index in [1.54, 1.807) is 13.3 Å². The highest BCUT2D eigenvalue weighted by Crippen LogP contribution is 2.56. The minimum absolute atomic E-state index is 0.330.